The van der Waals surface area contributed by atoms with Crippen LogP contribution in [0.1, 0.15) is 25.7 Å². The van der Waals surface area contributed by atoms with Crippen molar-refractivity contribution in [1.29, 1.82) is 0 Å². The fourth-order valence-corrected chi connectivity index (χ4v) is 3.01. The smallest absolute Gasteiger partial charge is 0.0232 e. The Morgan fingerprint density at radius 1 is 1.38 bits per heavy atom. The minimum absolute atomic E-state index is 0.807. The highest BCUT2D eigenvalue weighted by Gasteiger charge is 2.23. The Morgan fingerprint density at radius 2 is 2.25 bits per heavy atom. The van der Waals surface area contributed by atoms with Gasteiger partial charge in [-0.15, -0.1) is 0 Å². The lowest BCUT2D eigenvalue weighted by atomic mass is 9.96. The van der Waals surface area contributed by atoms with Gasteiger partial charge in [0.05, 0.1) is 0 Å². The Hall–Kier alpha value is -0.120. The molecular formula is C13H27N3. The SMILES string of the molecule is CN1CCC(N(C)CCC2CCCNC2)C1. The average molecular weight is 225 g/mol. The van der Waals surface area contributed by atoms with Gasteiger partial charge in [0.1, 0.15) is 0 Å². The molecule has 1 N–H and O–H groups in total. The first kappa shape index (κ1) is 12.3. The van der Waals surface area contributed by atoms with Crippen LogP contribution in [0.25, 0.3) is 0 Å². The van der Waals surface area contributed by atoms with E-state index in [1.54, 1.807) is 0 Å². The molecule has 0 aromatic heterocycles. The van der Waals surface area contributed by atoms with Crippen LogP contribution in [0.3, 0.4) is 0 Å². The lowest BCUT2D eigenvalue weighted by Gasteiger charge is -2.28. The van der Waals surface area contributed by atoms with Gasteiger partial charge in [0.15, 0.2) is 0 Å². The van der Waals surface area contributed by atoms with Gasteiger partial charge >= 0.3 is 0 Å². The Balaban J connectivity index is 1.64. The number of hydrogen-bond donors (Lipinski definition) is 1. The van der Waals surface area contributed by atoms with Crippen molar-refractivity contribution in [3.8, 4) is 0 Å². The maximum absolute atomic E-state index is 3.51. The van der Waals surface area contributed by atoms with E-state index in [4.69, 9.17) is 0 Å². The lowest BCUT2D eigenvalue weighted by Crippen LogP contribution is -2.37. The normalized spacial score (nSPS) is 32.4. The van der Waals surface area contributed by atoms with Crippen LogP contribution in [0, 0.1) is 5.92 Å². The molecule has 16 heavy (non-hydrogen) atoms. The first-order valence-corrected chi connectivity index (χ1v) is 6.85. The predicted molar refractivity (Wildman–Crippen MR) is 68.7 cm³/mol. The molecule has 0 amide bonds. The van der Waals surface area contributed by atoms with Crippen LogP contribution >= 0.6 is 0 Å². The Morgan fingerprint density at radius 3 is 2.88 bits per heavy atom. The third-order valence-electron chi connectivity index (χ3n) is 4.28. The molecule has 2 fully saturated rings. The van der Waals surface area contributed by atoms with Gasteiger partial charge in [-0.2, -0.15) is 0 Å². The van der Waals surface area contributed by atoms with Gasteiger partial charge in [0.2, 0.25) is 0 Å². The third kappa shape index (κ3) is 3.44. The molecule has 0 aliphatic carbocycles. The maximum Gasteiger partial charge on any atom is 0.0232 e. The first-order chi connectivity index (χ1) is 7.75. The van der Waals surface area contributed by atoms with Crippen molar-refractivity contribution in [3.63, 3.8) is 0 Å². The van der Waals surface area contributed by atoms with E-state index < -0.39 is 0 Å². The largest absolute Gasteiger partial charge is 0.316 e. The summed E-state index contributed by atoms with van der Waals surface area (Å²) in [6.45, 7) is 6.31. The van der Waals surface area contributed by atoms with E-state index in [0.717, 1.165) is 12.0 Å². The van der Waals surface area contributed by atoms with E-state index in [-0.39, 0.29) is 0 Å². The zero-order valence-corrected chi connectivity index (χ0v) is 10.9. The number of rotatable bonds is 4. The highest BCUT2D eigenvalue weighted by Crippen LogP contribution is 2.17. The van der Waals surface area contributed by atoms with E-state index in [1.165, 1.54) is 58.4 Å². The molecule has 2 heterocycles. The molecule has 2 unspecified atom stereocenters. The Kier molecular flexibility index (Phi) is 4.62. The zero-order valence-electron chi connectivity index (χ0n) is 10.9. The second-order valence-corrected chi connectivity index (χ2v) is 5.69. The van der Waals surface area contributed by atoms with Gasteiger partial charge in [-0.3, -0.25) is 0 Å². The molecule has 0 bridgehead atoms. The Labute approximate surface area is 100 Å². The van der Waals surface area contributed by atoms with Crippen molar-refractivity contribution in [2.45, 2.75) is 31.7 Å². The summed E-state index contributed by atoms with van der Waals surface area (Å²) in [7, 11) is 4.54. The highest BCUT2D eigenvalue weighted by molar-refractivity contribution is 4.80. The van der Waals surface area contributed by atoms with E-state index >= 15 is 0 Å². The summed E-state index contributed by atoms with van der Waals surface area (Å²) < 4.78 is 0. The number of likely N-dealkylation sites (N-methyl/N-ethyl adjacent to an activating group) is 2. The topological polar surface area (TPSA) is 18.5 Å². The summed E-state index contributed by atoms with van der Waals surface area (Å²) in [6.07, 6.45) is 5.55. The Bertz CT molecular complexity index is 201. The summed E-state index contributed by atoms with van der Waals surface area (Å²) in [4.78, 5) is 5.03. The van der Waals surface area contributed by atoms with Crippen LogP contribution in [0.2, 0.25) is 0 Å². The van der Waals surface area contributed by atoms with Gasteiger partial charge in [-0.1, -0.05) is 0 Å². The maximum atomic E-state index is 3.51. The van der Waals surface area contributed by atoms with Crippen LogP contribution in [0.4, 0.5) is 0 Å². The molecule has 0 radical (unpaired) electrons. The fraction of sp³-hybridized carbons (Fsp3) is 1.00. The van der Waals surface area contributed by atoms with Gasteiger partial charge in [-0.25, -0.2) is 0 Å². The number of likely N-dealkylation sites (tertiary alicyclic amines) is 1. The van der Waals surface area contributed by atoms with Gasteiger partial charge < -0.3 is 15.1 Å². The van der Waals surface area contributed by atoms with E-state index in [0.29, 0.717) is 0 Å². The van der Waals surface area contributed by atoms with Crippen LogP contribution in [0.5, 0.6) is 0 Å². The fourth-order valence-electron chi connectivity index (χ4n) is 3.01. The summed E-state index contributed by atoms with van der Waals surface area (Å²) in [5, 5.41) is 3.51. The van der Waals surface area contributed by atoms with Crippen molar-refractivity contribution < 1.29 is 0 Å². The van der Waals surface area contributed by atoms with Crippen molar-refractivity contribution in [2.75, 3.05) is 46.8 Å². The van der Waals surface area contributed by atoms with Crippen molar-refractivity contribution >= 4 is 0 Å². The third-order valence-corrected chi connectivity index (χ3v) is 4.28. The molecule has 3 nitrogen and oxygen atoms in total. The molecule has 2 atom stereocenters. The minimum atomic E-state index is 0.807. The molecule has 3 heteroatoms. The van der Waals surface area contributed by atoms with Crippen LogP contribution in [0.15, 0.2) is 0 Å². The molecule has 0 aromatic carbocycles. The van der Waals surface area contributed by atoms with E-state index in [2.05, 4.69) is 29.2 Å². The molecule has 0 spiro atoms. The lowest BCUT2D eigenvalue weighted by molar-refractivity contribution is 0.215. The predicted octanol–water partition coefficient (Wildman–Crippen LogP) is 1.01. The monoisotopic (exact) mass is 225 g/mol. The molecule has 0 saturated carbocycles. The van der Waals surface area contributed by atoms with Gasteiger partial charge in [-0.05, 0) is 71.9 Å². The molecule has 2 saturated heterocycles. The number of hydrogen-bond acceptors (Lipinski definition) is 3. The second kappa shape index (κ2) is 5.99. The summed E-state index contributed by atoms with van der Waals surface area (Å²) in [5.74, 6) is 0.926. The van der Waals surface area contributed by atoms with Gasteiger partial charge in [0, 0.05) is 12.6 Å². The molecular weight excluding hydrogens is 198 g/mol. The summed E-state index contributed by atoms with van der Waals surface area (Å²) in [6, 6.07) is 0.807. The van der Waals surface area contributed by atoms with E-state index in [1.807, 2.05) is 0 Å². The molecule has 2 aliphatic heterocycles. The first-order valence-electron chi connectivity index (χ1n) is 6.85. The van der Waals surface area contributed by atoms with E-state index in [9.17, 15) is 0 Å². The molecule has 0 aromatic rings. The van der Waals surface area contributed by atoms with Crippen LogP contribution in [-0.2, 0) is 0 Å². The number of nitrogens with zero attached hydrogens (tertiary/aromatic N) is 2. The van der Waals surface area contributed by atoms with Crippen molar-refractivity contribution in [2.24, 2.45) is 5.92 Å². The minimum Gasteiger partial charge on any atom is -0.316 e. The summed E-state index contributed by atoms with van der Waals surface area (Å²) >= 11 is 0. The van der Waals surface area contributed by atoms with Gasteiger partial charge in [0.25, 0.3) is 0 Å². The average Bonchev–Trinajstić information content (AvgIpc) is 2.74. The molecule has 2 rings (SSSR count). The quantitative estimate of drug-likeness (QED) is 0.770. The zero-order chi connectivity index (χ0) is 11.4. The van der Waals surface area contributed by atoms with Crippen molar-refractivity contribution in [3.05, 3.63) is 0 Å². The number of piperidine rings is 1. The molecule has 94 valence electrons. The molecule has 2 aliphatic rings. The highest BCUT2D eigenvalue weighted by atomic mass is 15.2. The number of nitrogens with one attached hydrogen (secondary N) is 1. The summed E-state index contributed by atoms with van der Waals surface area (Å²) in [5.41, 5.74) is 0. The van der Waals surface area contributed by atoms with Crippen LogP contribution < -0.4 is 5.32 Å². The standard InChI is InChI=1S/C13H27N3/c1-15-8-6-13(11-15)16(2)9-5-12-4-3-7-14-10-12/h12-14H,3-11H2,1-2H3. The second-order valence-electron chi connectivity index (χ2n) is 5.69. The van der Waals surface area contributed by atoms with Crippen LogP contribution in [-0.4, -0.2) is 62.7 Å². The van der Waals surface area contributed by atoms with Crippen molar-refractivity contribution in [1.82, 2.24) is 15.1 Å².